The van der Waals surface area contributed by atoms with Gasteiger partial charge in [0, 0.05) is 29.7 Å². The first-order valence-corrected chi connectivity index (χ1v) is 8.35. The van der Waals surface area contributed by atoms with Crippen molar-refractivity contribution in [1.82, 2.24) is 24.8 Å². The molecular formula is C17H24N6O. The number of aromatic nitrogens is 4. The fourth-order valence-corrected chi connectivity index (χ4v) is 3.22. The van der Waals surface area contributed by atoms with Gasteiger partial charge in [-0.2, -0.15) is 0 Å². The number of rotatable bonds is 5. The number of aliphatic hydroxyl groups is 1. The summed E-state index contributed by atoms with van der Waals surface area (Å²) in [6.45, 7) is 7.65. The summed E-state index contributed by atoms with van der Waals surface area (Å²) in [4.78, 5) is 20.3. The summed E-state index contributed by atoms with van der Waals surface area (Å²) < 4.78 is 0. The highest BCUT2D eigenvalue weighted by Gasteiger charge is 2.28. The third-order valence-electron chi connectivity index (χ3n) is 4.14. The van der Waals surface area contributed by atoms with E-state index in [9.17, 15) is 5.11 Å². The highest BCUT2D eigenvalue weighted by molar-refractivity contribution is 5.48. The minimum Gasteiger partial charge on any atom is -0.395 e. The first kappa shape index (κ1) is 16.7. The van der Waals surface area contributed by atoms with E-state index >= 15 is 0 Å². The maximum atomic E-state index is 9.24. The molecule has 3 rings (SSSR count). The molecule has 1 saturated heterocycles. The van der Waals surface area contributed by atoms with Crippen LogP contribution in [0.1, 0.15) is 41.8 Å². The van der Waals surface area contributed by atoms with Crippen LogP contribution in [-0.4, -0.2) is 49.6 Å². The maximum Gasteiger partial charge on any atom is 0.228 e. The zero-order valence-electron chi connectivity index (χ0n) is 14.5. The molecule has 2 aromatic heterocycles. The van der Waals surface area contributed by atoms with E-state index in [-0.39, 0.29) is 12.6 Å². The van der Waals surface area contributed by atoms with Crippen molar-refractivity contribution >= 4 is 11.8 Å². The molecule has 1 atom stereocenters. The van der Waals surface area contributed by atoms with Crippen LogP contribution in [0.4, 0.5) is 11.8 Å². The van der Waals surface area contributed by atoms with Crippen LogP contribution >= 0.6 is 0 Å². The topological polar surface area (TPSA) is 87.1 Å². The van der Waals surface area contributed by atoms with E-state index in [0.717, 1.165) is 42.3 Å². The number of likely N-dealkylation sites (tertiary alicyclic amines) is 1. The van der Waals surface area contributed by atoms with Gasteiger partial charge in [0.15, 0.2) is 0 Å². The summed E-state index contributed by atoms with van der Waals surface area (Å²) in [5.41, 5.74) is 2.74. The molecule has 2 N–H and O–H groups in total. The van der Waals surface area contributed by atoms with Gasteiger partial charge >= 0.3 is 0 Å². The number of aryl methyl sites for hydroxylation is 3. The largest absolute Gasteiger partial charge is 0.395 e. The molecule has 3 heterocycles. The third kappa shape index (κ3) is 3.85. The maximum absolute atomic E-state index is 9.24. The lowest BCUT2D eigenvalue weighted by Gasteiger charge is -2.22. The van der Waals surface area contributed by atoms with Gasteiger partial charge in [0.25, 0.3) is 0 Å². The van der Waals surface area contributed by atoms with Crippen molar-refractivity contribution in [3.05, 3.63) is 35.0 Å². The van der Waals surface area contributed by atoms with Crippen LogP contribution in [0.15, 0.2) is 12.1 Å². The molecule has 1 aliphatic rings. The van der Waals surface area contributed by atoms with E-state index in [2.05, 4.69) is 30.2 Å². The van der Waals surface area contributed by atoms with Crippen LogP contribution in [0.2, 0.25) is 0 Å². The van der Waals surface area contributed by atoms with Crippen molar-refractivity contribution in [3.8, 4) is 0 Å². The second-order valence-electron chi connectivity index (χ2n) is 6.27. The Hall–Kier alpha value is -2.12. The molecule has 2 aromatic rings. The number of aliphatic hydroxyl groups excluding tert-OH is 1. The van der Waals surface area contributed by atoms with E-state index in [4.69, 9.17) is 0 Å². The van der Waals surface area contributed by atoms with Gasteiger partial charge in [0.2, 0.25) is 5.95 Å². The van der Waals surface area contributed by atoms with Crippen molar-refractivity contribution in [2.45, 2.75) is 39.7 Å². The normalized spacial score (nSPS) is 18.1. The van der Waals surface area contributed by atoms with Crippen molar-refractivity contribution in [3.63, 3.8) is 0 Å². The minimum absolute atomic E-state index is 0.157. The molecule has 128 valence electrons. The predicted molar refractivity (Wildman–Crippen MR) is 92.2 cm³/mol. The number of hydrogen-bond donors (Lipinski definition) is 2. The lowest BCUT2D eigenvalue weighted by Crippen LogP contribution is -2.27. The lowest BCUT2D eigenvalue weighted by molar-refractivity contribution is 0.181. The van der Waals surface area contributed by atoms with Gasteiger partial charge in [-0.3, -0.25) is 4.90 Å². The van der Waals surface area contributed by atoms with Gasteiger partial charge in [-0.25, -0.2) is 19.9 Å². The molecule has 0 spiro atoms. The van der Waals surface area contributed by atoms with Crippen molar-refractivity contribution in [1.29, 1.82) is 0 Å². The molecule has 7 nitrogen and oxygen atoms in total. The van der Waals surface area contributed by atoms with Gasteiger partial charge < -0.3 is 10.4 Å². The molecule has 0 saturated carbocycles. The summed E-state index contributed by atoms with van der Waals surface area (Å²) in [5, 5.41) is 12.4. The lowest BCUT2D eigenvalue weighted by atomic mass is 10.2. The molecule has 0 bridgehead atoms. The Labute approximate surface area is 142 Å². The van der Waals surface area contributed by atoms with Crippen molar-refractivity contribution in [2.75, 3.05) is 25.0 Å². The summed E-state index contributed by atoms with van der Waals surface area (Å²) in [6.07, 6.45) is 2.12. The Kier molecular flexibility index (Phi) is 5.01. The summed E-state index contributed by atoms with van der Waals surface area (Å²) in [5.74, 6) is 2.06. The average Bonchev–Trinajstić information content (AvgIpc) is 2.94. The fourth-order valence-electron chi connectivity index (χ4n) is 3.22. The Balaban J connectivity index is 1.86. The van der Waals surface area contributed by atoms with Gasteiger partial charge in [-0.1, -0.05) is 0 Å². The Morgan fingerprint density at radius 3 is 2.50 bits per heavy atom. The molecular weight excluding hydrogens is 304 g/mol. The quantitative estimate of drug-likeness (QED) is 0.868. The van der Waals surface area contributed by atoms with Crippen LogP contribution in [-0.2, 0) is 0 Å². The summed E-state index contributed by atoms with van der Waals surface area (Å²) in [6, 6.07) is 4.00. The minimum atomic E-state index is 0.157. The Morgan fingerprint density at radius 2 is 1.79 bits per heavy atom. The van der Waals surface area contributed by atoms with E-state index in [1.807, 2.05) is 32.9 Å². The second kappa shape index (κ2) is 7.19. The van der Waals surface area contributed by atoms with Crippen molar-refractivity contribution < 1.29 is 5.11 Å². The third-order valence-corrected chi connectivity index (χ3v) is 4.14. The number of nitrogens with zero attached hydrogens (tertiary/aromatic N) is 5. The average molecular weight is 328 g/mol. The first-order valence-electron chi connectivity index (χ1n) is 8.35. The molecule has 1 aliphatic heterocycles. The molecule has 0 unspecified atom stereocenters. The van der Waals surface area contributed by atoms with E-state index in [1.54, 1.807) is 0 Å². The van der Waals surface area contributed by atoms with E-state index in [0.29, 0.717) is 18.3 Å². The van der Waals surface area contributed by atoms with Gasteiger partial charge in [-0.15, -0.1) is 0 Å². The predicted octanol–water partition coefficient (Wildman–Crippen LogP) is 2.06. The smallest absolute Gasteiger partial charge is 0.228 e. The molecule has 1 fully saturated rings. The fraction of sp³-hybridized carbons (Fsp3) is 0.529. The van der Waals surface area contributed by atoms with Crippen LogP contribution < -0.4 is 5.32 Å². The second-order valence-corrected chi connectivity index (χ2v) is 6.27. The van der Waals surface area contributed by atoms with E-state index < -0.39 is 0 Å². The number of nitrogens with one attached hydrogen (secondary N) is 1. The SMILES string of the molecule is Cc1cc(C)nc(Nc2cc(C)nc([C@@H]3CCCN3CCO)n2)n1. The monoisotopic (exact) mass is 328 g/mol. The molecule has 24 heavy (non-hydrogen) atoms. The molecule has 7 heteroatoms. The van der Waals surface area contributed by atoms with Crippen LogP contribution in [0.3, 0.4) is 0 Å². The Morgan fingerprint density at radius 1 is 1.08 bits per heavy atom. The van der Waals surface area contributed by atoms with E-state index in [1.165, 1.54) is 0 Å². The zero-order chi connectivity index (χ0) is 17.1. The Bertz CT molecular complexity index is 700. The number of β-amino-alcohol motifs (C(OH)–C–C–N with tert-alkyl or cyclic N) is 1. The molecule has 0 aromatic carbocycles. The van der Waals surface area contributed by atoms with Gasteiger partial charge in [0.1, 0.15) is 11.6 Å². The van der Waals surface area contributed by atoms with Crippen LogP contribution in [0.25, 0.3) is 0 Å². The molecule has 0 amide bonds. The molecule has 0 aliphatic carbocycles. The first-order chi connectivity index (χ1) is 11.5. The zero-order valence-corrected chi connectivity index (χ0v) is 14.5. The highest BCUT2D eigenvalue weighted by atomic mass is 16.3. The van der Waals surface area contributed by atoms with Crippen LogP contribution in [0.5, 0.6) is 0 Å². The molecule has 0 radical (unpaired) electrons. The van der Waals surface area contributed by atoms with Gasteiger partial charge in [0.05, 0.1) is 12.6 Å². The van der Waals surface area contributed by atoms with Crippen molar-refractivity contribution in [2.24, 2.45) is 0 Å². The summed E-state index contributed by atoms with van der Waals surface area (Å²) >= 11 is 0. The standard InChI is InChI=1S/C17H24N6O/c1-11-9-12(2)20-17(19-11)22-15-10-13(3)18-16(21-15)14-5-4-6-23(14)7-8-24/h9-10,14,24H,4-8H2,1-3H3,(H,18,19,20,21,22)/t14-/m0/s1. The number of anilines is 2. The summed E-state index contributed by atoms with van der Waals surface area (Å²) in [7, 11) is 0. The number of hydrogen-bond acceptors (Lipinski definition) is 7. The van der Waals surface area contributed by atoms with Gasteiger partial charge in [-0.05, 0) is 46.2 Å². The highest BCUT2D eigenvalue weighted by Crippen LogP contribution is 2.30. The van der Waals surface area contributed by atoms with Crippen LogP contribution in [0, 0.1) is 20.8 Å².